The third-order valence-corrected chi connectivity index (χ3v) is 3.12. The Morgan fingerprint density at radius 3 is 2.63 bits per heavy atom. The third-order valence-electron chi connectivity index (χ3n) is 2.81. The Hall–Kier alpha value is -1.69. The van der Waals surface area contributed by atoms with Gasteiger partial charge in [0.25, 0.3) is 0 Å². The molecule has 1 N–H and O–H groups in total. The van der Waals surface area contributed by atoms with E-state index in [1.807, 2.05) is 0 Å². The zero-order valence-corrected chi connectivity index (χ0v) is 10.2. The fourth-order valence-electron chi connectivity index (χ4n) is 1.88. The first-order valence-electron chi connectivity index (χ1n) is 5.33. The highest BCUT2D eigenvalue weighted by Crippen LogP contribution is 2.31. The minimum absolute atomic E-state index is 0.286. The summed E-state index contributed by atoms with van der Waals surface area (Å²) in [6, 6.07) is 6.51. The Kier molecular flexibility index (Phi) is 3.45. The van der Waals surface area contributed by atoms with Gasteiger partial charge in [-0.25, -0.2) is 0 Å². The maximum Gasteiger partial charge on any atom is 0.403 e. The van der Waals surface area contributed by atoms with Crippen LogP contribution < -0.4 is 0 Å². The molecule has 0 saturated heterocycles. The number of fused-ring (bicyclic) bond motifs is 1. The van der Waals surface area contributed by atoms with Gasteiger partial charge in [0, 0.05) is 18.1 Å². The minimum Gasteiger partial charge on any atom is -0.481 e. The highest BCUT2D eigenvalue weighted by molar-refractivity contribution is 6.35. The number of hydrogen-bond acceptors (Lipinski definition) is 1. The van der Waals surface area contributed by atoms with Crippen LogP contribution in [0.15, 0.2) is 30.5 Å². The number of nitrogens with zero attached hydrogens (tertiary/aromatic N) is 1. The highest BCUT2D eigenvalue weighted by atomic mass is 35.5. The SMILES string of the molecule is O=C(O)C(Cn1ccc2cccc(Cl)c21)C(F)(F)F. The van der Waals surface area contributed by atoms with Crippen LogP contribution in [0.2, 0.25) is 5.02 Å². The molecule has 2 rings (SSSR count). The van der Waals surface area contributed by atoms with Crippen molar-refractivity contribution in [1.29, 1.82) is 0 Å². The Morgan fingerprint density at radius 2 is 2.05 bits per heavy atom. The van der Waals surface area contributed by atoms with Gasteiger partial charge in [0.2, 0.25) is 0 Å². The Bertz CT molecular complexity index is 621. The molecule has 0 radical (unpaired) electrons. The number of carbonyl (C=O) groups is 1. The monoisotopic (exact) mass is 291 g/mol. The number of alkyl halides is 3. The molecule has 0 aliphatic heterocycles. The number of aromatic nitrogens is 1. The topological polar surface area (TPSA) is 42.2 Å². The summed E-state index contributed by atoms with van der Waals surface area (Å²) in [4.78, 5) is 10.7. The van der Waals surface area contributed by atoms with E-state index < -0.39 is 24.6 Å². The largest absolute Gasteiger partial charge is 0.481 e. The number of carboxylic acid groups (broad SMARTS) is 1. The van der Waals surface area contributed by atoms with Gasteiger partial charge in [-0.2, -0.15) is 13.2 Å². The van der Waals surface area contributed by atoms with Crippen LogP contribution in [0.4, 0.5) is 13.2 Å². The molecule has 0 aliphatic rings. The number of halogens is 4. The predicted molar refractivity (Wildman–Crippen MR) is 64.1 cm³/mol. The first kappa shape index (κ1) is 13.7. The number of hydrogen-bond donors (Lipinski definition) is 1. The lowest BCUT2D eigenvalue weighted by atomic mass is 10.1. The van der Waals surface area contributed by atoms with Gasteiger partial charge in [0.15, 0.2) is 5.92 Å². The van der Waals surface area contributed by atoms with E-state index in [2.05, 4.69) is 0 Å². The van der Waals surface area contributed by atoms with E-state index >= 15 is 0 Å². The molecule has 3 nitrogen and oxygen atoms in total. The highest BCUT2D eigenvalue weighted by Gasteiger charge is 2.45. The summed E-state index contributed by atoms with van der Waals surface area (Å²) in [5, 5.41) is 9.63. The molecule has 1 unspecified atom stereocenters. The average Bonchev–Trinajstić information content (AvgIpc) is 2.68. The maximum absolute atomic E-state index is 12.6. The molecule has 0 fully saturated rings. The molecule has 0 bridgehead atoms. The molecule has 7 heteroatoms. The molecule has 19 heavy (non-hydrogen) atoms. The van der Waals surface area contributed by atoms with Crippen LogP contribution >= 0.6 is 11.6 Å². The lowest BCUT2D eigenvalue weighted by molar-refractivity contribution is -0.195. The summed E-state index contributed by atoms with van der Waals surface area (Å²) in [5.74, 6) is -4.36. The standard InChI is InChI=1S/C12H9ClF3NO2/c13-9-3-1-2-7-4-5-17(10(7)9)6-8(11(18)19)12(14,15)16/h1-5,8H,6H2,(H,18,19). The molecule has 102 valence electrons. The van der Waals surface area contributed by atoms with Crippen molar-refractivity contribution in [3.63, 3.8) is 0 Å². The summed E-state index contributed by atoms with van der Waals surface area (Å²) in [5.41, 5.74) is 0.402. The van der Waals surface area contributed by atoms with Crippen molar-refractivity contribution < 1.29 is 23.1 Å². The molecule has 0 amide bonds. The van der Waals surface area contributed by atoms with E-state index in [1.54, 1.807) is 24.3 Å². The third kappa shape index (κ3) is 2.68. The molecular formula is C12H9ClF3NO2. The zero-order chi connectivity index (χ0) is 14.2. The number of rotatable bonds is 3. The Balaban J connectivity index is 2.43. The van der Waals surface area contributed by atoms with Gasteiger partial charge in [0.1, 0.15) is 0 Å². The first-order valence-corrected chi connectivity index (χ1v) is 5.71. The summed E-state index contributed by atoms with van der Waals surface area (Å²) < 4.78 is 39.1. The van der Waals surface area contributed by atoms with Crippen LogP contribution in [-0.4, -0.2) is 21.8 Å². The van der Waals surface area contributed by atoms with Crippen molar-refractivity contribution in [2.45, 2.75) is 12.7 Å². The van der Waals surface area contributed by atoms with Crippen molar-refractivity contribution in [3.8, 4) is 0 Å². The molecule has 1 aromatic heterocycles. The lowest BCUT2D eigenvalue weighted by Crippen LogP contribution is -2.34. The van der Waals surface area contributed by atoms with Gasteiger partial charge in [-0.05, 0) is 12.1 Å². The second-order valence-electron chi connectivity index (χ2n) is 4.08. The van der Waals surface area contributed by atoms with Crippen LogP contribution in [0.3, 0.4) is 0 Å². The van der Waals surface area contributed by atoms with Crippen molar-refractivity contribution >= 4 is 28.5 Å². The lowest BCUT2D eigenvalue weighted by Gasteiger charge is -2.17. The van der Waals surface area contributed by atoms with E-state index in [9.17, 15) is 18.0 Å². The van der Waals surface area contributed by atoms with Gasteiger partial charge < -0.3 is 9.67 Å². The second kappa shape index (κ2) is 4.77. The van der Waals surface area contributed by atoms with Crippen LogP contribution in [0.5, 0.6) is 0 Å². The molecule has 0 aliphatic carbocycles. The van der Waals surface area contributed by atoms with E-state index in [0.717, 1.165) is 0 Å². The molecule has 1 atom stereocenters. The smallest absolute Gasteiger partial charge is 0.403 e. The van der Waals surface area contributed by atoms with Gasteiger partial charge in [0.05, 0.1) is 10.5 Å². The summed E-state index contributed by atoms with van der Waals surface area (Å²) >= 11 is 5.93. The normalized spacial score (nSPS) is 13.7. The van der Waals surface area contributed by atoms with E-state index in [1.165, 1.54) is 10.8 Å². The van der Waals surface area contributed by atoms with E-state index in [4.69, 9.17) is 16.7 Å². The van der Waals surface area contributed by atoms with Gasteiger partial charge in [-0.3, -0.25) is 4.79 Å². The van der Waals surface area contributed by atoms with Crippen LogP contribution in [0.1, 0.15) is 0 Å². The Labute approximate surface area is 111 Å². The fourth-order valence-corrected chi connectivity index (χ4v) is 2.18. The minimum atomic E-state index is -4.80. The van der Waals surface area contributed by atoms with Crippen molar-refractivity contribution in [2.24, 2.45) is 5.92 Å². The predicted octanol–water partition coefficient (Wildman–Crippen LogP) is 3.56. The molecule has 0 saturated carbocycles. The van der Waals surface area contributed by atoms with E-state index in [0.29, 0.717) is 10.9 Å². The number of para-hydroxylation sites is 1. The molecular weight excluding hydrogens is 283 g/mol. The number of carboxylic acids is 1. The number of benzene rings is 1. The van der Waals surface area contributed by atoms with E-state index in [-0.39, 0.29) is 5.02 Å². The van der Waals surface area contributed by atoms with Gasteiger partial charge in [-0.15, -0.1) is 0 Å². The van der Waals surface area contributed by atoms with Crippen molar-refractivity contribution in [1.82, 2.24) is 4.57 Å². The molecule has 1 aromatic carbocycles. The van der Waals surface area contributed by atoms with Gasteiger partial charge >= 0.3 is 12.1 Å². The van der Waals surface area contributed by atoms with Gasteiger partial charge in [-0.1, -0.05) is 23.7 Å². The fraction of sp³-hybridized carbons (Fsp3) is 0.250. The second-order valence-corrected chi connectivity index (χ2v) is 4.49. The van der Waals surface area contributed by atoms with Crippen LogP contribution in [-0.2, 0) is 11.3 Å². The maximum atomic E-state index is 12.6. The summed E-state index contributed by atoms with van der Waals surface area (Å²) in [6.07, 6.45) is -3.40. The zero-order valence-electron chi connectivity index (χ0n) is 9.49. The average molecular weight is 292 g/mol. The van der Waals surface area contributed by atoms with Crippen molar-refractivity contribution in [2.75, 3.05) is 0 Å². The molecule has 2 aromatic rings. The molecule has 0 spiro atoms. The van der Waals surface area contributed by atoms with Crippen molar-refractivity contribution in [3.05, 3.63) is 35.5 Å². The quantitative estimate of drug-likeness (QED) is 0.939. The number of aliphatic carboxylic acids is 1. The first-order chi connectivity index (χ1) is 8.80. The molecule has 1 heterocycles. The summed E-state index contributed by atoms with van der Waals surface area (Å²) in [6.45, 7) is -0.702. The Morgan fingerprint density at radius 1 is 1.37 bits per heavy atom. The van der Waals surface area contributed by atoms with Crippen LogP contribution in [0, 0.1) is 5.92 Å². The summed E-state index contributed by atoms with van der Waals surface area (Å²) in [7, 11) is 0. The van der Waals surface area contributed by atoms with Crippen LogP contribution in [0.25, 0.3) is 10.9 Å².